The molecule has 0 aliphatic heterocycles. The maximum absolute atomic E-state index is 2.55. The second kappa shape index (κ2) is 8.12. The molecule has 0 amide bonds. The van der Waals surface area contributed by atoms with Gasteiger partial charge in [-0.1, -0.05) is 33.5 Å². The van der Waals surface area contributed by atoms with Crippen LogP contribution in [0.1, 0.15) is 39.5 Å². The molecule has 0 aromatic rings. The Morgan fingerprint density at radius 1 is 1.00 bits per heavy atom. The van der Waals surface area contributed by atoms with Gasteiger partial charge in [-0.05, 0) is 25.9 Å². The van der Waals surface area contributed by atoms with E-state index in [-0.39, 0.29) is 0 Å². The van der Waals surface area contributed by atoms with E-state index in [0.717, 1.165) is 0 Å². The van der Waals surface area contributed by atoms with Gasteiger partial charge in [0.05, 0.1) is 0 Å². The van der Waals surface area contributed by atoms with Crippen LogP contribution in [-0.4, -0.2) is 25.3 Å². The summed E-state index contributed by atoms with van der Waals surface area (Å²) in [6, 6.07) is 0. The van der Waals surface area contributed by atoms with Crippen LogP contribution in [0.5, 0.6) is 0 Å². The molecule has 0 aliphatic carbocycles. The minimum Gasteiger partial charge on any atom is -0.345 e. The average molecular weight is 155 g/mol. The molecule has 0 bridgehead atoms. The molecule has 11 heavy (non-hydrogen) atoms. The van der Waals surface area contributed by atoms with Crippen molar-refractivity contribution in [2.45, 2.75) is 46.4 Å². The summed E-state index contributed by atoms with van der Waals surface area (Å²) in [7, 11) is 1.22. The van der Waals surface area contributed by atoms with Crippen molar-refractivity contribution in [1.29, 1.82) is 0 Å². The number of hydrogen-bond donors (Lipinski definition) is 0. The Balaban J connectivity index is 3.25. The zero-order valence-corrected chi connectivity index (χ0v) is 8.40. The van der Waals surface area contributed by atoms with Crippen molar-refractivity contribution in [2.24, 2.45) is 0 Å². The van der Waals surface area contributed by atoms with Crippen LogP contribution in [0, 0.1) is 0 Å². The first-order valence-corrected chi connectivity index (χ1v) is 5.07. The number of nitrogens with zero attached hydrogens (tertiary/aromatic N) is 1. The van der Waals surface area contributed by atoms with E-state index in [2.05, 4.69) is 25.5 Å². The first-order chi connectivity index (χ1) is 5.35. The summed E-state index contributed by atoms with van der Waals surface area (Å²) >= 11 is 0. The molecule has 0 saturated heterocycles. The molecule has 0 spiro atoms. The summed E-state index contributed by atoms with van der Waals surface area (Å²) < 4.78 is 0. The maximum atomic E-state index is 2.55. The second-order valence-electron chi connectivity index (χ2n) is 3.14. The zero-order valence-electron chi connectivity index (χ0n) is 8.40. The van der Waals surface area contributed by atoms with Gasteiger partial charge in [-0.2, -0.15) is 0 Å². The average Bonchev–Trinajstić information content (AvgIpc) is 2.05. The van der Waals surface area contributed by atoms with E-state index in [1.807, 2.05) is 0 Å². The Bertz CT molecular complexity index is 68.0. The third-order valence-corrected chi connectivity index (χ3v) is 2.10. The Labute approximate surface area is 72.4 Å². The minimum atomic E-state index is 1.22. The summed E-state index contributed by atoms with van der Waals surface area (Å²) in [6.07, 6.45) is 5.36. The third-order valence-electron chi connectivity index (χ3n) is 2.10. The zero-order chi connectivity index (χ0) is 8.53. The Morgan fingerprint density at radius 3 is 1.73 bits per heavy atom. The van der Waals surface area contributed by atoms with Crippen molar-refractivity contribution in [3.8, 4) is 0 Å². The second-order valence-corrected chi connectivity index (χ2v) is 3.14. The number of hydrogen-bond acceptors (Lipinski definition) is 1. The quantitative estimate of drug-likeness (QED) is 0.510. The van der Waals surface area contributed by atoms with Crippen LogP contribution < -0.4 is 0 Å². The maximum Gasteiger partial charge on any atom is 0.201 e. The topological polar surface area (TPSA) is 3.24 Å². The Morgan fingerprint density at radius 2 is 1.45 bits per heavy atom. The van der Waals surface area contributed by atoms with Gasteiger partial charge in [0.15, 0.2) is 0 Å². The summed E-state index contributed by atoms with van der Waals surface area (Å²) in [5, 5.41) is 0. The summed E-state index contributed by atoms with van der Waals surface area (Å²) in [6.45, 7) is 9.37. The van der Waals surface area contributed by atoms with E-state index in [4.69, 9.17) is 0 Å². The molecule has 0 unspecified atom stereocenters. The lowest BCUT2D eigenvalue weighted by atomic mass is 9.94. The van der Waals surface area contributed by atoms with Crippen LogP contribution in [0.25, 0.3) is 0 Å². The molecule has 0 aromatic carbocycles. The molecule has 2 heteroatoms. The summed E-state index contributed by atoms with van der Waals surface area (Å²) in [5.74, 6) is 0. The monoisotopic (exact) mass is 155 g/mol. The lowest BCUT2D eigenvalue weighted by Gasteiger charge is -2.18. The van der Waals surface area contributed by atoms with Gasteiger partial charge < -0.3 is 4.81 Å². The van der Waals surface area contributed by atoms with Gasteiger partial charge in [-0.25, -0.2) is 0 Å². The largest absolute Gasteiger partial charge is 0.345 e. The van der Waals surface area contributed by atoms with Gasteiger partial charge in [0.2, 0.25) is 7.41 Å². The van der Waals surface area contributed by atoms with E-state index in [0.29, 0.717) is 0 Å². The van der Waals surface area contributed by atoms with Gasteiger partial charge >= 0.3 is 0 Å². The van der Waals surface area contributed by atoms with E-state index in [1.165, 1.54) is 46.2 Å². The molecule has 0 aliphatic rings. The van der Waals surface area contributed by atoms with Gasteiger partial charge in [0.1, 0.15) is 0 Å². The molecule has 0 rings (SSSR count). The molecule has 0 aromatic heterocycles. The third kappa shape index (κ3) is 6.42. The Kier molecular flexibility index (Phi) is 8.14. The van der Waals surface area contributed by atoms with Gasteiger partial charge in [0, 0.05) is 0 Å². The molecular formula is C9H22BN. The van der Waals surface area contributed by atoms with Crippen LogP contribution in [0.4, 0.5) is 0 Å². The molecule has 0 fully saturated rings. The van der Waals surface area contributed by atoms with Crippen molar-refractivity contribution in [3.05, 3.63) is 0 Å². The normalized spacial score (nSPS) is 10.5. The van der Waals surface area contributed by atoms with Crippen LogP contribution in [0.3, 0.4) is 0 Å². The highest BCUT2D eigenvalue weighted by Crippen LogP contribution is 1.96. The number of unbranched alkanes of at least 4 members (excludes halogenated alkanes) is 2. The summed E-state index contributed by atoms with van der Waals surface area (Å²) in [4.78, 5) is 2.55. The van der Waals surface area contributed by atoms with E-state index in [9.17, 15) is 0 Å². The van der Waals surface area contributed by atoms with Crippen LogP contribution in [0.2, 0.25) is 6.82 Å². The van der Waals surface area contributed by atoms with Crippen molar-refractivity contribution >= 4 is 7.41 Å². The van der Waals surface area contributed by atoms with Crippen LogP contribution in [0.15, 0.2) is 0 Å². The fraction of sp³-hybridized carbons (Fsp3) is 1.00. The fourth-order valence-corrected chi connectivity index (χ4v) is 1.19. The van der Waals surface area contributed by atoms with Crippen LogP contribution in [-0.2, 0) is 0 Å². The van der Waals surface area contributed by atoms with Crippen molar-refractivity contribution < 1.29 is 0 Å². The van der Waals surface area contributed by atoms with Gasteiger partial charge in [-0.15, -0.1) is 0 Å². The lowest BCUT2D eigenvalue weighted by molar-refractivity contribution is 0.421. The smallest absolute Gasteiger partial charge is 0.201 e. The number of rotatable bonds is 7. The highest BCUT2D eigenvalue weighted by Gasteiger charge is 1.99. The highest BCUT2D eigenvalue weighted by atomic mass is 15.0. The molecule has 0 radical (unpaired) electrons. The molecular weight excluding hydrogens is 133 g/mol. The van der Waals surface area contributed by atoms with Gasteiger partial charge in [-0.3, -0.25) is 0 Å². The molecule has 0 saturated carbocycles. The lowest BCUT2D eigenvalue weighted by Crippen LogP contribution is -2.28. The minimum absolute atomic E-state index is 1.22. The fourth-order valence-electron chi connectivity index (χ4n) is 1.19. The summed E-state index contributed by atoms with van der Waals surface area (Å²) in [5.41, 5.74) is 0. The predicted molar refractivity (Wildman–Crippen MR) is 54.4 cm³/mol. The van der Waals surface area contributed by atoms with E-state index >= 15 is 0 Å². The van der Waals surface area contributed by atoms with Gasteiger partial charge in [0.25, 0.3) is 0 Å². The first-order valence-electron chi connectivity index (χ1n) is 5.07. The van der Waals surface area contributed by atoms with E-state index in [1.54, 1.807) is 0 Å². The molecule has 0 N–H and O–H groups in total. The van der Waals surface area contributed by atoms with Crippen LogP contribution >= 0.6 is 0 Å². The standard InChI is InChI=1S/C9H22BN/c1-4-6-8-11(10-3)9-7-5-2/h10H,4-9H2,1-3H3. The SMILES string of the molecule is CBN(CCCC)CCCC. The molecule has 66 valence electrons. The molecule has 0 atom stereocenters. The van der Waals surface area contributed by atoms with E-state index < -0.39 is 0 Å². The predicted octanol–water partition coefficient (Wildman–Crippen LogP) is 2.29. The molecule has 1 nitrogen and oxygen atoms in total. The van der Waals surface area contributed by atoms with Crippen molar-refractivity contribution in [1.82, 2.24) is 4.81 Å². The molecule has 0 heterocycles. The van der Waals surface area contributed by atoms with Crippen molar-refractivity contribution in [2.75, 3.05) is 13.1 Å². The van der Waals surface area contributed by atoms with Crippen molar-refractivity contribution in [3.63, 3.8) is 0 Å². The first kappa shape index (κ1) is 11.0. The Hall–Kier alpha value is 0.0249. The highest BCUT2D eigenvalue weighted by molar-refractivity contribution is 6.29.